The molecule has 3 heterocycles. The molecule has 4 rings (SSSR count). The number of pyridine rings is 1. The van der Waals surface area contributed by atoms with Crippen LogP contribution in [0.2, 0.25) is 0 Å². The lowest BCUT2D eigenvalue weighted by molar-refractivity contribution is -0.137. The molecule has 4 N–H and O–H groups in total. The zero-order valence-electron chi connectivity index (χ0n) is 16.9. The normalized spacial score (nSPS) is 15.7. The summed E-state index contributed by atoms with van der Waals surface area (Å²) in [5.41, 5.74) is 6.43. The fourth-order valence-corrected chi connectivity index (χ4v) is 2.91. The molecule has 0 amide bonds. The van der Waals surface area contributed by atoms with Crippen LogP contribution in [0.15, 0.2) is 42.6 Å². The third kappa shape index (κ3) is 5.87. The molecule has 0 saturated carbocycles. The van der Waals surface area contributed by atoms with E-state index in [1.54, 1.807) is 18.3 Å². The molecule has 1 unspecified atom stereocenters. The molecule has 1 atom stereocenters. The highest BCUT2D eigenvalue weighted by Gasteiger charge is 2.30. The number of hydrogen-bond donors (Lipinski definition) is 3. The Kier molecular flexibility index (Phi) is 8.49. The fraction of sp³-hybridized carbons (Fsp3) is 0.381. The van der Waals surface area contributed by atoms with Crippen molar-refractivity contribution in [3.63, 3.8) is 0 Å². The van der Waals surface area contributed by atoms with Crippen molar-refractivity contribution in [1.29, 1.82) is 0 Å². The van der Waals surface area contributed by atoms with Gasteiger partial charge in [-0.3, -0.25) is 4.98 Å². The molecule has 3 aromatic rings. The predicted molar refractivity (Wildman–Crippen MR) is 112 cm³/mol. The van der Waals surface area contributed by atoms with Crippen LogP contribution >= 0.6 is 0 Å². The van der Waals surface area contributed by atoms with Crippen molar-refractivity contribution >= 4 is 16.7 Å². The molecule has 1 aliphatic rings. The third-order valence-electron chi connectivity index (χ3n) is 4.47. The second kappa shape index (κ2) is 10.8. The minimum absolute atomic E-state index is 0.182. The van der Waals surface area contributed by atoms with Crippen LogP contribution in [-0.2, 0) is 6.18 Å². The van der Waals surface area contributed by atoms with Crippen LogP contribution in [0.4, 0.5) is 19.0 Å². The van der Waals surface area contributed by atoms with Gasteiger partial charge < -0.3 is 16.2 Å². The van der Waals surface area contributed by atoms with Crippen molar-refractivity contribution in [1.82, 2.24) is 20.5 Å². The van der Waals surface area contributed by atoms with Crippen molar-refractivity contribution in [3.05, 3.63) is 48.2 Å². The van der Waals surface area contributed by atoms with Gasteiger partial charge in [-0.1, -0.05) is 26.0 Å². The quantitative estimate of drug-likeness (QED) is 0.581. The van der Waals surface area contributed by atoms with Gasteiger partial charge in [0.05, 0.1) is 5.56 Å². The van der Waals surface area contributed by atoms with Crippen molar-refractivity contribution in [3.8, 4) is 11.3 Å². The summed E-state index contributed by atoms with van der Waals surface area (Å²) >= 11 is 0. The number of fused-ring (bicyclic) bond motifs is 1. The molecule has 1 saturated heterocycles. The highest BCUT2D eigenvalue weighted by Crippen LogP contribution is 2.32. The van der Waals surface area contributed by atoms with Gasteiger partial charge in [0, 0.05) is 30.3 Å². The maximum atomic E-state index is 12.6. The van der Waals surface area contributed by atoms with Gasteiger partial charge in [-0.15, -0.1) is 10.2 Å². The minimum Gasteiger partial charge on any atom is -0.396 e. The largest absolute Gasteiger partial charge is 0.416 e. The number of nitrogens with two attached hydrogens (primary N) is 1. The number of nitrogen functional groups attached to an aromatic ring is 1. The Bertz CT molecular complexity index is 926. The lowest BCUT2D eigenvalue weighted by Crippen LogP contribution is -2.11. The Morgan fingerprint density at radius 2 is 1.83 bits per heavy atom. The van der Waals surface area contributed by atoms with Gasteiger partial charge >= 0.3 is 6.18 Å². The smallest absolute Gasteiger partial charge is 0.396 e. The molecule has 1 aromatic carbocycles. The average Bonchev–Trinajstić information content (AvgIpc) is 3.30. The van der Waals surface area contributed by atoms with Crippen LogP contribution in [0.1, 0.15) is 25.8 Å². The number of halogens is 3. The number of aliphatic hydroxyl groups excluding tert-OH is 1. The topological polar surface area (TPSA) is 97.0 Å². The van der Waals surface area contributed by atoms with Crippen molar-refractivity contribution in [2.75, 3.05) is 25.4 Å². The minimum atomic E-state index is -4.37. The van der Waals surface area contributed by atoms with Crippen molar-refractivity contribution in [2.45, 2.75) is 26.4 Å². The molecular weight excluding hydrogens is 395 g/mol. The van der Waals surface area contributed by atoms with Crippen LogP contribution in [0.3, 0.4) is 0 Å². The van der Waals surface area contributed by atoms with Crippen LogP contribution < -0.4 is 11.1 Å². The molecule has 1 aliphatic heterocycles. The van der Waals surface area contributed by atoms with Crippen LogP contribution in [-0.4, -0.2) is 40.0 Å². The second-order valence-corrected chi connectivity index (χ2v) is 6.45. The zero-order valence-corrected chi connectivity index (χ0v) is 16.9. The Morgan fingerprint density at radius 3 is 2.37 bits per heavy atom. The van der Waals surface area contributed by atoms with Gasteiger partial charge in [-0.25, -0.2) is 0 Å². The fourth-order valence-electron chi connectivity index (χ4n) is 2.91. The molecule has 0 radical (unpaired) electrons. The lowest BCUT2D eigenvalue weighted by Gasteiger charge is -2.09. The van der Waals surface area contributed by atoms with E-state index in [0.29, 0.717) is 34.7 Å². The van der Waals surface area contributed by atoms with Crippen LogP contribution in [0, 0.1) is 5.92 Å². The van der Waals surface area contributed by atoms with Gasteiger partial charge in [0.1, 0.15) is 11.2 Å². The highest BCUT2D eigenvalue weighted by atomic mass is 19.4. The molecule has 2 aromatic heterocycles. The zero-order chi connectivity index (χ0) is 22.1. The molecular formula is C21H26F3N5O. The molecule has 162 valence electrons. The van der Waals surface area contributed by atoms with Gasteiger partial charge in [-0.2, -0.15) is 13.2 Å². The van der Waals surface area contributed by atoms with Crippen molar-refractivity contribution < 1.29 is 18.3 Å². The SMILES string of the molecule is CC.Nc1nnc(-c2ccc(C(F)(F)F)cc2)c2cccnc12.OCC1CCNC1. The molecule has 9 heteroatoms. The van der Waals surface area contributed by atoms with E-state index >= 15 is 0 Å². The predicted octanol–water partition coefficient (Wildman–Crippen LogP) is 3.91. The number of nitrogens with one attached hydrogen (secondary N) is 1. The Labute approximate surface area is 173 Å². The van der Waals surface area contributed by atoms with E-state index < -0.39 is 11.7 Å². The molecule has 0 aliphatic carbocycles. The summed E-state index contributed by atoms with van der Waals surface area (Å²) in [6, 6.07) is 8.19. The Morgan fingerprint density at radius 1 is 1.13 bits per heavy atom. The Hall–Kier alpha value is -2.78. The number of benzene rings is 1. The van der Waals surface area contributed by atoms with E-state index in [4.69, 9.17) is 10.8 Å². The summed E-state index contributed by atoms with van der Waals surface area (Å²) < 4.78 is 37.7. The second-order valence-electron chi connectivity index (χ2n) is 6.45. The summed E-state index contributed by atoms with van der Waals surface area (Å²) in [6.45, 7) is 6.45. The van der Waals surface area contributed by atoms with E-state index in [-0.39, 0.29) is 5.82 Å². The highest BCUT2D eigenvalue weighted by molar-refractivity contribution is 5.96. The maximum absolute atomic E-state index is 12.6. The first-order valence-corrected chi connectivity index (χ1v) is 9.76. The molecule has 0 spiro atoms. The van der Waals surface area contributed by atoms with E-state index in [9.17, 15) is 13.2 Å². The van der Waals surface area contributed by atoms with Crippen LogP contribution in [0.5, 0.6) is 0 Å². The summed E-state index contributed by atoms with van der Waals surface area (Å²) in [5.74, 6) is 0.723. The van der Waals surface area contributed by atoms with E-state index in [2.05, 4.69) is 20.5 Å². The van der Waals surface area contributed by atoms with Gasteiger partial charge in [0.2, 0.25) is 0 Å². The van der Waals surface area contributed by atoms with Gasteiger partial charge in [0.15, 0.2) is 5.82 Å². The number of rotatable bonds is 2. The first kappa shape index (κ1) is 23.5. The number of nitrogens with zero attached hydrogens (tertiary/aromatic N) is 3. The third-order valence-corrected chi connectivity index (χ3v) is 4.47. The summed E-state index contributed by atoms with van der Waals surface area (Å²) in [5, 5.41) is 20.1. The molecule has 1 fully saturated rings. The number of aromatic nitrogens is 3. The standard InChI is InChI=1S/C14H9F3N4.C5H11NO.C2H6/c15-14(16,17)9-5-3-8(4-6-9)11-10-2-1-7-19-12(10)13(18)21-20-11;7-4-5-1-2-6-3-5;1-2/h1-7H,(H2,18,21);5-7H,1-4H2;1-2H3. The number of alkyl halides is 3. The van der Waals surface area contributed by atoms with E-state index in [0.717, 1.165) is 31.6 Å². The lowest BCUT2D eigenvalue weighted by atomic mass is 10.1. The van der Waals surface area contributed by atoms with Crippen molar-refractivity contribution in [2.24, 2.45) is 5.92 Å². The van der Waals surface area contributed by atoms with Gasteiger partial charge in [0.25, 0.3) is 0 Å². The summed E-state index contributed by atoms with van der Waals surface area (Å²) in [7, 11) is 0. The Balaban J connectivity index is 0.000000299. The maximum Gasteiger partial charge on any atom is 0.416 e. The summed E-state index contributed by atoms with van der Waals surface area (Å²) in [6.07, 6.45) is -1.65. The van der Waals surface area contributed by atoms with E-state index in [1.807, 2.05) is 13.8 Å². The number of anilines is 1. The first-order valence-electron chi connectivity index (χ1n) is 9.76. The number of aliphatic hydroxyl groups is 1. The first-order chi connectivity index (χ1) is 14.4. The van der Waals surface area contributed by atoms with Gasteiger partial charge in [-0.05, 0) is 43.1 Å². The van der Waals surface area contributed by atoms with E-state index in [1.165, 1.54) is 12.1 Å². The summed E-state index contributed by atoms with van der Waals surface area (Å²) in [4.78, 5) is 4.12. The monoisotopic (exact) mass is 421 g/mol. The molecule has 0 bridgehead atoms. The molecule has 30 heavy (non-hydrogen) atoms. The molecule has 6 nitrogen and oxygen atoms in total. The number of hydrogen-bond acceptors (Lipinski definition) is 6. The average molecular weight is 421 g/mol. The van der Waals surface area contributed by atoms with Crippen LogP contribution in [0.25, 0.3) is 22.2 Å².